The molecule has 3 rings (SSSR count). The van der Waals surface area contributed by atoms with Gasteiger partial charge in [0.05, 0.1) is 0 Å². The fraction of sp³-hybridized carbons (Fsp3) is 0.550. The Morgan fingerprint density at radius 1 is 1.14 bits per heavy atom. The maximum absolute atomic E-state index is 13.0. The number of rotatable bonds is 7. The molecule has 0 unspecified atom stereocenters. The number of likely N-dealkylation sites (tertiary alicyclic amines) is 1. The lowest BCUT2D eigenvalue weighted by atomic mass is 9.76. The van der Waals surface area contributed by atoms with Crippen LogP contribution in [0.2, 0.25) is 0 Å². The molecule has 9 nitrogen and oxygen atoms in total. The van der Waals surface area contributed by atoms with Crippen LogP contribution >= 0.6 is 0 Å². The largest absolute Gasteiger partial charge is 0.352 e. The molecule has 2 fully saturated rings. The first-order chi connectivity index (χ1) is 14.0. The summed E-state index contributed by atoms with van der Waals surface area (Å²) in [5.74, 6) is 4.35. The highest BCUT2D eigenvalue weighted by Crippen LogP contribution is 2.33. The third kappa shape index (κ3) is 4.12. The van der Waals surface area contributed by atoms with Crippen molar-refractivity contribution >= 4 is 17.7 Å². The predicted molar refractivity (Wildman–Crippen MR) is 104 cm³/mol. The topological polar surface area (TPSA) is 123 Å². The molecule has 2 aliphatic rings. The molecule has 29 heavy (non-hydrogen) atoms. The minimum Gasteiger partial charge on any atom is -0.352 e. The van der Waals surface area contributed by atoms with Crippen LogP contribution in [0.25, 0.3) is 0 Å². The first-order valence-corrected chi connectivity index (χ1v) is 9.75. The monoisotopic (exact) mass is 404 g/mol. The van der Waals surface area contributed by atoms with Crippen molar-refractivity contribution < 1.29 is 23.9 Å². The number of hydrogen-bond donors (Lipinski definition) is 3. The van der Waals surface area contributed by atoms with Crippen LogP contribution in [0.4, 0.5) is 0 Å². The Morgan fingerprint density at radius 2 is 1.79 bits per heavy atom. The second-order valence-electron chi connectivity index (χ2n) is 7.48. The highest BCUT2D eigenvalue weighted by atomic mass is 16.7. The molecular formula is C20H28N4O5. The van der Waals surface area contributed by atoms with Crippen LogP contribution in [0.5, 0.6) is 0 Å². The van der Waals surface area contributed by atoms with Crippen molar-refractivity contribution in [3.05, 3.63) is 35.4 Å². The van der Waals surface area contributed by atoms with Crippen LogP contribution in [0.15, 0.2) is 24.3 Å². The predicted octanol–water partition coefficient (Wildman–Crippen LogP) is 0.611. The van der Waals surface area contributed by atoms with Gasteiger partial charge in [0.15, 0.2) is 6.29 Å². The van der Waals surface area contributed by atoms with Crippen molar-refractivity contribution in [3.8, 4) is 0 Å². The van der Waals surface area contributed by atoms with Crippen molar-refractivity contribution in [2.75, 3.05) is 20.8 Å². The number of ether oxygens (including phenoxy) is 2. The van der Waals surface area contributed by atoms with Crippen LogP contribution in [-0.4, -0.2) is 55.0 Å². The zero-order chi connectivity index (χ0) is 21.0. The van der Waals surface area contributed by atoms with E-state index in [1.165, 1.54) is 0 Å². The van der Waals surface area contributed by atoms with Gasteiger partial charge in [-0.25, -0.2) is 5.84 Å². The van der Waals surface area contributed by atoms with Crippen molar-refractivity contribution in [3.63, 3.8) is 0 Å². The lowest BCUT2D eigenvalue weighted by Crippen LogP contribution is -2.66. The summed E-state index contributed by atoms with van der Waals surface area (Å²) in [7, 11) is 3.08. The maximum atomic E-state index is 13.0. The lowest BCUT2D eigenvalue weighted by molar-refractivity contribution is -0.138. The molecule has 1 aromatic rings. The molecule has 1 aliphatic carbocycles. The molecule has 0 spiro atoms. The maximum Gasteiger partial charge on any atom is 0.259 e. The van der Waals surface area contributed by atoms with Crippen LogP contribution < -0.4 is 16.6 Å². The highest BCUT2D eigenvalue weighted by Gasteiger charge is 2.47. The first kappa shape index (κ1) is 21.2. The fourth-order valence-corrected chi connectivity index (χ4v) is 4.00. The number of carbonyl (C=O) groups excluding carboxylic acids is 3. The highest BCUT2D eigenvalue weighted by molar-refractivity contribution is 5.99. The zero-order valence-electron chi connectivity index (χ0n) is 16.8. The summed E-state index contributed by atoms with van der Waals surface area (Å²) < 4.78 is 10.4. The van der Waals surface area contributed by atoms with Gasteiger partial charge in [-0.1, -0.05) is 12.1 Å². The number of amides is 3. The summed E-state index contributed by atoms with van der Waals surface area (Å²) in [6, 6.07) is 6.34. The van der Waals surface area contributed by atoms with Crippen molar-refractivity contribution in [1.29, 1.82) is 0 Å². The van der Waals surface area contributed by atoms with Gasteiger partial charge in [0.2, 0.25) is 5.91 Å². The molecule has 1 saturated carbocycles. The van der Waals surface area contributed by atoms with Gasteiger partial charge < -0.3 is 19.7 Å². The minimum atomic E-state index is -0.958. The number of carbonyl (C=O) groups is 3. The van der Waals surface area contributed by atoms with Gasteiger partial charge in [-0.15, -0.1) is 0 Å². The lowest BCUT2D eigenvalue weighted by Gasteiger charge is -2.41. The van der Waals surface area contributed by atoms with Crippen LogP contribution in [0.1, 0.15) is 54.3 Å². The molecule has 1 aromatic carbocycles. The molecule has 1 heterocycles. The molecule has 158 valence electrons. The van der Waals surface area contributed by atoms with E-state index in [0.717, 1.165) is 18.4 Å². The summed E-state index contributed by atoms with van der Waals surface area (Å²) in [6.45, 7) is 0.494. The van der Waals surface area contributed by atoms with Crippen LogP contribution in [0.3, 0.4) is 0 Å². The van der Waals surface area contributed by atoms with E-state index in [1.54, 1.807) is 43.4 Å². The Balaban J connectivity index is 1.70. The van der Waals surface area contributed by atoms with E-state index in [1.807, 2.05) is 0 Å². The Kier molecular flexibility index (Phi) is 6.51. The number of methoxy groups -OCH3 is 2. The number of nitrogens with zero attached hydrogens (tertiary/aromatic N) is 1. The van der Waals surface area contributed by atoms with E-state index in [9.17, 15) is 14.4 Å². The second kappa shape index (κ2) is 8.89. The molecular weight excluding hydrogens is 376 g/mol. The summed E-state index contributed by atoms with van der Waals surface area (Å²) in [5.41, 5.74) is 2.45. The third-order valence-corrected chi connectivity index (χ3v) is 5.81. The number of hydrogen-bond acceptors (Lipinski definition) is 6. The van der Waals surface area contributed by atoms with Gasteiger partial charge in [-0.2, -0.15) is 0 Å². The summed E-state index contributed by atoms with van der Waals surface area (Å²) >= 11 is 0. The summed E-state index contributed by atoms with van der Waals surface area (Å²) in [4.78, 5) is 39.5. The van der Waals surface area contributed by atoms with Crippen molar-refractivity contribution in [2.24, 2.45) is 5.84 Å². The van der Waals surface area contributed by atoms with Crippen LogP contribution in [-0.2, 0) is 19.1 Å². The van der Waals surface area contributed by atoms with E-state index >= 15 is 0 Å². The smallest absolute Gasteiger partial charge is 0.259 e. The zero-order valence-corrected chi connectivity index (χ0v) is 16.8. The quantitative estimate of drug-likeness (QED) is 0.265. The second-order valence-corrected chi connectivity index (χ2v) is 7.48. The van der Waals surface area contributed by atoms with E-state index in [0.29, 0.717) is 31.4 Å². The molecule has 0 radical (unpaired) electrons. The molecule has 1 saturated heterocycles. The Morgan fingerprint density at radius 3 is 2.31 bits per heavy atom. The third-order valence-electron chi connectivity index (χ3n) is 5.81. The minimum absolute atomic E-state index is 0.216. The average Bonchev–Trinajstić information content (AvgIpc) is 3.21. The molecule has 3 amide bonds. The summed E-state index contributed by atoms with van der Waals surface area (Å²) in [6.07, 6.45) is 2.72. The van der Waals surface area contributed by atoms with Gasteiger partial charge in [0, 0.05) is 31.9 Å². The van der Waals surface area contributed by atoms with Gasteiger partial charge in [-0.05, 0) is 44.2 Å². The molecule has 9 heteroatoms. The van der Waals surface area contributed by atoms with Gasteiger partial charge >= 0.3 is 0 Å². The molecule has 0 bridgehead atoms. The molecule has 1 atom stereocenters. The number of nitrogens with two attached hydrogens (primary N) is 1. The molecule has 4 N–H and O–H groups in total. The van der Waals surface area contributed by atoms with Gasteiger partial charge in [-0.3, -0.25) is 19.8 Å². The number of nitrogens with one attached hydrogen (secondary N) is 2. The normalized spacial score (nSPS) is 20.3. The van der Waals surface area contributed by atoms with Crippen LogP contribution in [0, 0.1) is 0 Å². The Bertz CT molecular complexity index is 759. The standard InChI is InChI=1S/C20H28N4O5/c1-28-18(29-2)14-8-6-13(7-9-14)17(26)24-12-3-5-15(24)16(25)22-20(10-4-11-20)19(27)23-21/h6-9,15,18H,3-5,10-12,21H2,1-2H3,(H,22,25)(H,23,27)/t15-/m1/s1. The van der Waals surface area contributed by atoms with E-state index in [-0.39, 0.29) is 11.8 Å². The van der Waals surface area contributed by atoms with Crippen molar-refractivity contribution in [1.82, 2.24) is 15.6 Å². The summed E-state index contributed by atoms with van der Waals surface area (Å²) in [5, 5.41) is 2.84. The van der Waals surface area contributed by atoms with E-state index < -0.39 is 23.8 Å². The fourth-order valence-electron chi connectivity index (χ4n) is 4.00. The van der Waals surface area contributed by atoms with Crippen molar-refractivity contribution in [2.45, 2.75) is 50.0 Å². The first-order valence-electron chi connectivity index (χ1n) is 9.75. The Labute approximate surface area is 169 Å². The number of hydrazine groups is 1. The SMILES string of the molecule is COC(OC)c1ccc(C(=O)N2CCC[C@@H]2C(=O)NC2(C(=O)NN)CCC2)cc1. The Hall–Kier alpha value is -2.49. The van der Waals surface area contributed by atoms with E-state index in [2.05, 4.69) is 10.7 Å². The van der Waals surface area contributed by atoms with Gasteiger partial charge in [0.1, 0.15) is 11.6 Å². The molecule has 0 aromatic heterocycles. The van der Waals surface area contributed by atoms with E-state index in [4.69, 9.17) is 15.3 Å². The molecule has 1 aliphatic heterocycles. The number of benzene rings is 1. The average molecular weight is 404 g/mol. The van der Waals surface area contributed by atoms with Gasteiger partial charge in [0.25, 0.3) is 11.8 Å².